The minimum absolute atomic E-state index is 0.515. The summed E-state index contributed by atoms with van der Waals surface area (Å²) in [5, 5.41) is 3.14. The summed E-state index contributed by atoms with van der Waals surface area (Å²) >= 11 is 2.06. The quantitative estimate of drug-likeness (QED) is 0.798. The van der Waals surface area contributed by atoms with Crippen LogP contribution in [-0.2, 0) is 15.5 Å². The van der Waals surface area contributed by atoms with Gasteiger partial charge in [0.25, 0.3) is 0 Å². The van der Waals surface area contributed by atoms with Crippen LogP contribution in [0.25, 0.3) is 0 Å². The number of hydrogen-bond donors (Lipinski definition) is 1. The van der Waals surface area contributed by atoms with Gasteiger partial charge >= 0.3 is 6.09 Å². The van der Waals surface area contributed by atoms with Crippen LogP contribution in [0.3, 0.4) is 0 Å². The summed E-state index contributed by atoms with van der Waals surface area (Å²) in [6.07, 6.45) is 0.964. The van der Waals surface area contributed by atoms with E-state index in [1.807, 2.05) is 6.92 Å². The Labute approximate surface area is 129 Å². The molecule has 0 aromatic carbocycles. The van der Waals surface area contributed by atoms with Crippen molar-refractivity contribution in [3.05, 3.63) is 15.8 Å². The van der Waals surface area contributed by atoms with Crippen LogP contribution in [-0.4, -0.2) is 26.6 Å². The molecule has 1 unspecified atom stereocenters. The monoisotopic (exact) mass is 396 g/mol. The number of amides is 1. The zero-order valence-corrected chi connectivity index (χ0v) is 14.3. The normalized spacial score (nSPS) is 12.9. The number of ether oxygens (including phenoxy) is 1. The van der Waals surface area contributed by atoms with E-state index in [4.69, 9.17) is 4.74 Å². The van der Waals surface area contributed by atoms with Crippen LogP contribution in [0.1, 0.15) is 27.7 Å². The van der Waals surface area contributed by atoms with Crippen molar-refractivity contribution in [3.8, 4) is 0 Å². The van der Waals surface area contributed by atoms with Crippen LogP contribution >= 0.6 is 22.6 Å². The van der Waals surface area contributed by atoms with Crippen LogP contribution in [0.15, 0.2) is 17.3 Å². The molecule has 0 aliphatic rings. The molecule has 1 aromatic rings. The second-order valence-corrected chi connectivity index (χ2v) is 7.61. The molecule has 0 fully saturated rings. The number of nitrogens with one attached hydrogen (secondary N) is 1. The third-order valence-electron chi connectivity index (χ3n) is 1.96. The molecule has 5 nitrogen and oxygen atoms in total. The first-order chi connectivity index (χ1) is 8.73. The van der Waals surface area contributed by atoms with Crippen molar-refractivity contribution < 1.29 is 13.7 Å². The lowest BCUT2D eigenvalue weighted by atomic mass is 10.2. The van der Waals surface area contributed by atoms with E-state index in [-0.39, 0.29) is 0 Å². The largest absolute Gasteiger partial charge is 0.444 e. The van der Waals surface area contributed by atoms with Crippen LogP contribution in [0.4, 0.5) is 10.5 Å². The minimum Gasteiger partial charge on any atom is -0.444 e. The van der Waals surface area contributed by atoms with E-state index in [0.29, 0.717) is 16.5 Å². The predicted octanol–water partition coefficient (Wildman–Crippen LogP) is 3.16. The van der Waals surface area contributed by atoms with Gasteiger partial charge < -0.3 is 4.74 Å². The average molecular weight is 396 g/mol. The summed E-state index contributed by atoms with van der Waals surface area (Å²) in [4.78, 5) is 15.7. The highest BCUT2D eigenvalue weighted by Gasteiger charge is 2.17. The van der Waals surface area contributed by atoms with Crippen LogP contribution in [0, 0.1) is 3.57 Å². The van der Waals surface area contributed by atoms with Crippen molar-refractivity contribution >= 4 is 45.2 Å². The Bertz CT molecular complexity index is 500. The van der Waals surface area contributed by atoms with E-state index >= 15 is 0 Å². The third-order valence-corrected chi connectivity index (χ3v) is 4.07. The molecular formula is C12H17IN2O3S. The second-order valence-electron chi connectivity index (χ2n) is 4.76. The zero-order valence-electron chi connectivity index (χ0n) is 11.3. The molecule has 1 rings (SSSR count). The molecule has 106 valence electrons. The van der Waals surface area contributed by atoms with Crippen LogP contribution < -0.4 is 5.32 Å². The Morgan fingerprint density at radius 2 is 2.16 bits per heavy atom. The van der Waals surface area contributed by atoms with Gasteiger partial charge in [-0.2, -0.15) is 0 Å². The summed E-state index contributed by atoms with van der Waals surface area (Å²) in [7, 11) is -1.10. The summed E-state index contributed by atoms with van der Waals surface area (Å²) in [6.45, 7) is 7.22. The maximum absolute atomic E-state index is 11.6. The lowest BCUT2D eigenvalue weighted by Gasteiger charge is -2.20. The summed E-state index contributed by atoms with van der Waals surface area (Å²) in [5.74, 6) is 0.516. The van der Waals surface area contributed by atoms with Crippen molar-refractivity contribution in [1.82, 2.24) is 4.98 Å². The van der Waals surface area contributed by atoms with E-state index in [0.717, 1.165) is 3.57 Å². The fraction of sp³-hybridized carbons (Fsp3) is 0.500. The number of carbonyl (C=O) groups is 1. The summed E-state index contributed by atoms with van der Waals surface area (Å²) < 4.78 is 17.5. The maximum Gasteiger partial charge on any atom is 0.412 e. The number of anilines is 1. The maximum atomic E-state index is 11.6. The number of halogens is 1. The van der Waals surface area contributed by atoms with Crippen molar-refractivity contribution in [3.63, 3.8) is 0 Å². The van der Waals surface area contributed by atoms with E-state index in [1.165, 1.54) is 6.20 Å². The molecule has 1 atom stereocenters. The van der Waals surface area contributed by atoms with Crippen molar-refractivity contribution in [2.75, 3.05) is 11.1 Å². The Hall–Kier alpha value is -0.700. The molecule has 0 saturated carbocycles. The van der Waals surface area contributed by atoms with E-state index in [2.05, 4.69) is 32.9 Å². The van der Waals surface area contributed by atoms with Gasteiger partial charge in [-0.3, -0.25) is 9.53 Å². The number of pyridine rings is 1. The van der Waals surface area contributed by atoms with Gasteiger partial charge in [-0.1, -0.05) is 6.92 Å². The molecule has 0 bridgehead atoms. The predicted molar refractivity (Wildman–Crippen MR) is 83.8 cm³/mol. The van der Waals surface area contributed by atoms with Gasteiger partial charge in [0.05, 0.1) is 22.7 Å². The molecule has 1 heterocycles. The average Bonchev–Trinajstić information content (AvgIpc) is 2.28. The second kappa shape index (κ2) is 6.65. The van der Waals surface area contributed by atoms with E-state index in [9.17, 15) is 9.00 Å². The minimum atomic E-state index is -1.10. The molecule has 0 aliphatic heterocycles. The van der Waals surface area contributed by atoms with Crippen molar-refractivity contribution in [2.45, 2.75) is 38.3 Å². The standard InChI is InChI=1S/C12H17IN2O3S/c1-5-19(17)10-6-8(13)9(7-14-10)15-11(16)18-12(2,3)4/h6-7H,5H2,1-4H3,(H,15,16). The van der Waals surface area contributed by atoms with Crippen molar-refractivity contribution in [1.29, 1.82) is 0 Å². The lowest BCUT2D eigenvalue weighted by Crippen LogP contribution is -2.27. The zero-order chi connectivity index (χ0) is 14.6. The number of carbonyl (C=O) groups excluding carboxylic acids is 1. The van der Waals surface area contributed by atoms with Gasteiger partial charge in [0.1, 0.15) is 10.6 Å². The Morgan fingerprint density at radius 3 is 2.63 bits per heavy atom. The molecule has 1 amide bonds. The molecule has 7 heteroatoms. The van der Waals surface area contributed by atoms with Crippen LogP contribution in [0.2, 0.25) is 0 Å². The molecule has 1 N–H and O–H groups in total. The number of rotatable bonds is 3. The Morgan fingerprint density at radius 1 is 1.53 bits per heavy atom. The topological polar surface area (TPSA) is 68.3 Å². The lowest BCUT2D eigenvalue weighted by molar-refractivity contribution is 0.0636. The first-order valence-electron chi connectivity index (χ1n) is 5.77. The van der Waals surface area contributed by atoms with Crippen molar-refractivity contribution in [2.24, 2.45) is 0 Å². The summed E-state index contributed by atoms with van der Waals surface area (Å²) in [6, 6.07) is 1.70. The van der Waals surface area contributed by atoms with E-state index < -0.39 is 22.5 Å². The van der Waals surface area contributed by atoms with Gasteiger partial charge in [0, 0.05) is 9.32 Å². The van der Waals surface area contributed by atoms with Gasteiger partial charge in [0.15, 0.2) is 0 Å². The Balaban J connectivity index is 2.81. The smallest absolute Gasteiger partial charge is 0.412 e. The highest BCUT2D eigenvalue weighted by Crippen LogP contribution is 2.20. The third kappa shape index (κ3) is 5.43. The SMILES string of the molecule is CCS(=O)c1cc(I)c(NC(=O)OC(C)(C)C)cn1. The number of nitrogens with zero attached hydrogens (tertiary/aromatic N) is 1. The van der Waals surface area contributed by atoms with E-state index in [1.54, 1.807) is 26.8 Å². The first kappa shape index (κ1) is 16.4. The molecular weight excluding hydrogens is 379 g/mol. The fourth-order valence-corrected chi connectivity index (χ4v) is 2.69. The van der Waals surface area contributed by atoms with Gasteiger partial charge in [-0.25, -0.2) is 9.78 Å². The van der Waals surface area contributed by atoms with Gasteiger partial charge in [-0.15, -0.1) is 0 Å². The highest BCUT2D eigenvalue weighted by molar-refractivity contribution is 14.1. The molecule has 0 saturated heterocycles. The fourth-order valence-electron chi connectivity index (χ4n) is 1.19. The molecule has 19 heavy (non-hydrogen) atoms. The Kier molecular flexibility index (Phi) is 5.72. The molecule has 0 aliphatic carbocycles. The molecule has 1 aromatic heterocycles. The van der Waals surface area contributed by atoms with Gasteiger partial charge in [0.2, 0.25) is 0 Å². The number of hydrogen-bond acceptors (Lipinski definition) is 4. The first-order valence-corrected chi connectivity index (χ1v) is 8.16. The van der Waals surface area contributed by atoms with Crippen LogP contribution in [0.5, 0.6) is 0 Å². The number of aromatic nitrogens is 1. The molecule has 0 radical (unpaired) electrons. The summed E-state index contributed by atoms with van der Waals surface area (Å²) in [5.41, 5.74) is -0.00114. The highest BCUT2D eigenvalue weighted by atomic mass is 127. The molecule has 0 spiro atoms. The van der Waals surface area contributed by atoms with Gasteiger partial charge in [-0.05, 0) is 49.4 Å².